The van der Waals surface area contributed by atoms with Crippen LogP contribution in [0.2, 0.25) is 0 Å². The number of rotatable bonds is 5. The molecule has 0 radical (unpaired) electrons. The monoisotopic (exact) mass is 349 g/mol. The summed E-state index contributed by atoms with van der Waals surface area (Å²) >= 11 is 0. The number of aryl methyl sites for hydroxylation is 1. The normalized spacial score (nSPS) is 18.7. The van der Waals surface area contributed by atoms with Crippen LogP contribution in [-0.4, -0.2) is 69.1 Å². The van der Waals surface area contributed by atoms with Gasteiger partial charge in [-0.15, -0.1) is 0 Å². The highest BCUT2D eigenvalue weighted by molar-refractivity contribution is 5.80. The fourth-order valence-electron chi connectivity index (χ4n) is 3.02. The van der Waals surface area contributed by atoms with Crippen LogP contribution in [0, 0.1) is 12.7 Å². The summed E-state index contributed by atoms with van der Waals surface area (Å²) in [6, 6.07) is 5.36. The molecule has 1 heterocycles. The van der Waals surface area contributed by atoms with E-state index < -0.39 is 0 Å². The third-order valence-corrected chi connectivity index (χ3v) is 4.81. The molecule has 1 unspecified atom stereocenters. The van der Waals surface area contributed by atoms with Gasteiger partial charge in [-0.25, -0.2) is 4.39 Å². The summed E-state index contributed by atoms with van der Waals surface area (Å²) in [5.41, 5.74) is 1.59. The topological polar surface area (TPSA) is 42.9 Å². The Balaban J connectivity index is 1.79. The Morgan fingerprint density at radius 3 is 2.80 bits per heavy atom. The summed E-state index contributed by atoms with van der Waals surface area (Å²) in [6.07, 6.45) is 1.22. The van der Waals surface area contributed by atoms with Gasteiger partial charge in [-0.05, 0) is 57.6 Å². The minimum absolute atomic E-state index is 0.00636. The first kappa shape index (κ1) is 19.7. The molecule has 2 N–H and O–H groups in total. The molecule has 140 valence electrons. The lowest BCUT2D eigenvalue weighted by molar-refractivity contribution is 0.280. The highest BCUT2D eigenvalue weighted by atomic mass is 19.1. The molecular weight excluding hydrogens is 317 g/mol. The lowest BCUT2D eigenvalue weighted by Crippen LogP contribution is -2.43. The molecule has 0 aliphatic carbocycles. The smallest absolute Gasteiger partial charge is 0.191 e. The van der Waals surface area contributed by atoms with Crippen molar-refractivity contribution in [2.24, 2.45) is 4.99 Å². The lowest BCUT2D eigenvalue weighted by Gasteiger charge is -2.22. The molecule has 1 fully saturated rings. The molecule has 1 saturated heterocycles. The average Bonchev–Trinajstić information content (AvgIpc) is 2.80. The second-order valence-electron chi connectivity index (χ2n) is 6.87. The fraction of sp³-hybridized carbons (Fsp3) is 0.632. The highest BCUT2D eigenvalue weighted by Gasteiger charge is 2.13. The number of halogens is 1. The minimum Gasteiger partial charge on any atom is -0.355 e. The molecule has 1 aromatic rings. The zero-order valence-corrected chi connectivity index (χ0v) is 16.0. The van der Waals surface area contributed by atoms with E-state index in [0.29, 0.717) is 5.56 Å². The molecule has 1 atom stereocenters. The van der Waals surface area contributed by atoms with Crippen LogP contribution in [0.5, 0.6) is 0 Å². The van der Waals surface area contributed by atoms with Crippen LogP contribution in [0.15, 0.2) is 23.2 Å². The maximum atomic E-state index is 13.7. The van der Waals surface area contributed by atoms with Gasteiger partial charge in [0, 0.05) is 33.2 Å². The molecule has 1 aliphatic heterocycles. The molecule has 0 bridgehead atoms. The summed E-state index contributed by atoms with van der Waals surface area (Å²) in [6.45, 7) is 10.2. The number of nitrogens with zero attached hydrogens (tertiary/aromatic N) is 3. The van der Waals surface area contributed by atoms with E-state index in [2.05, 4.69) is 32.5 Å². The van der Waals surface area contributed by atoms with Crippen molar-refractivity contribution < 1.29 is 4.39 Å². The number of likely N-dealkylation sites (N-methyl/N-ethyl adjacent to an activating group) is 1. The van der Waals surface area contributed by atoms with Crippen molar-refractivity contribution in [1.82, 2.24) is 20.4 Å². The Bertz CT molecular complexity index is 575. The van der Waals surface area contributed by atoms with Crippen molar-refractivity contribution in [3.05, 3.63) is 35.1 Å². The van der Waals surface area contributed by atoms with Crippen molar-refractivity contribution in [3.8, 4) is 0 Å². The molecule has 0 saturated carbocycles. The molecule has 25 heavy (non-hydrogen) atoms. The van der Waals surface area contributed by atoms with E-state index in [0.717, 1.165) is 44.2 Å². The van der Waals surface area contributed by atoms with Gasteiger partial charge in [-0.3, -0.25) is 4.99 Å². The van der Waals surface area contributed by atoms with E-state index in [9.17, 15) is 4.39 Å². The maximum absolute atomic E-state index is 13.7. The standard InChI is InChI=1S/C19H32FN5/c1-15-6-7-17(14-18(15)20)16(2)23-19(21-3)22-8-11-25-10-5-9-24(4)12-13-25/h6-7,14,16H,5,8-13H2,1-4H3,(H2,21,22,23). The van der Waals surface area contributed by atoms with Gasteiger partial charge in [-0.1, -0.05) is 12.1 Å². The average molecular weight is 349 g/mol. The summed E-state index contributed by atoms with van der Waals surface area (Å²) < 4.78 is 13.7. The molecule has 0 spiro atoms. The zero-order chi connectivity index (χ0) is 18.2. The Labute approximate surface area is 151 Å². The Morgan fingerprint density at radius 2 is 2.08 bits per heavy atom. The van der Waals surface area contributed by atoms with Crippen LogP contribution in [0.4, 0.5) is 4.39 Å². The van der Waals surface area contributed by atoms with Crippen LogP contribution in [0.1, 0.15) is 30.5 Å². The van der Waals surface area contributed by atoms with E-state index in [4.69, 9.17) is 0 Å². The van der Waals surface area contributed by atoms with Crippen molar-refractivity contribution in [2.45, 2.75) is 26.3 Å². The predicted octanol–water partition coefficient (Wildman–Crippen LogP) is 2.00. The predicted molar refractivity (Wildman–Crippen MR) is 103 cm³/mol. The van der Waals surface area contributed by atoms with Gasteiger partial charge < -0.3 is 20.4 Å². The van der Waals surface area contributed by atoms with Gasteiger partial charge in [0.25, 0.3) is 0 Å². The second kappa shape index (κ2) is 9.73. The first-order valence-corrected chi connectivity index (χ1v) is 9.13. The number of hydrogen-bond donors (Lipinski definition) is 2. The van der Waals surface area contributed by atoms with Crippen LogP contribution < -0.4 is 10.6 Å². The second-order valence-corrected chi connectivity index (χ2v) is 6.87. The third kappa shape index (κ3) is 6.29. The molecule has 6 heteroatoms. The first-order valence-electron chi connectivity index (χ1n) is 9.13. The van der Waals surface area contributed by atoms with Gasteiger partial charge in [0.2, 0.25) is 0 Å². The Hall–Kier alpha value is -1.66. The summed E-state index contributed by atoms with van der Waals surface area (Å²) in [5, 5.41) is 6.70. The number of guanidine groups is 1. The van der Waals surface area contributed by atoms with Crippen molar-refractivity contribution in [3.63, 3.8) is 0 Å². The van der Waals surface area contributed by atoms with E-state index in [1.807, 2.05) is 19.1 Å². The SMILES string of the molecule is CN=C(NCCN1CCCN(C)CC1)NC(C)c1ccc(C)c(F)c1. The van der Waals surface area contributed by atoms with Gasteiger partial charge in [0.1, 0.15) is 5.82 Å². The van der Waals surface area contributed by atoms with Crippen LogP contribution >= 0.6 is 0 Å². The van der Waals surface area contributed by atoms with Gasteiger partial charge in [-0.2, -0.15) is 0 Å². The van der Waals surface area contributed by atoms with Crippen molar-refractivity contribution >= 4 is 5.96 Å². The van der Waals surface area contributed by atoms with Gasteiger partial charge in [0.05, 0.1) is 6.04 Å². The molecule has 1 aromatic carbocycles. The molecular formula is C19H32FN5. The summed E-state index contributed by atoms with van der Waals surface area (Å²) in [7, 11) is 3.95. The molecule has 0 aromatic heterocycles. The summed E-state index contributed by atoms with van der Waals surface area (Å²) in [4.78, 5) is 9.15. The largest absolute Gasteiger partial charge is 0.355 e. The zero-order valence-electron chi connectivity index (χ0n) is 16.0. The number of benzene rings is 1. The minimum atomic E-state index is -0.166. The summed E-state index contributed by atoms with van der Waals surface area (Å²) in [5.74, 6) is 0.584. The van der Waals surface area contributed by atoms with Gasteiger partial charge >= 0.3 is 0 Å². The van der Waals surface area contributed by atoms with E-state index in [-0.39, 0.29) is 11.9 Å². The molecule has 2 rings (SSSR count). The van der Waals surface area contributed by atoms with Gasteiger partial charge in [0.15, 0.2) is 5.96 Å². The van der Waals surface area contributed by atoms with Crippen molar-refractivity contribution in [2.75, 3.05) is 53.4 Å². The van der Waals surface area contributed by atoms with Crippen LogP contribution in [0.3, 0.4) is 0 Å². The number of hydrogen-bond acceptors (Lipinski definition) is 3. The van der Waals surface area contributed by atoms with Crippen molar-refractivity contribution in [1.29, 1.82) is 0 Å². The Kier molecular flexibility index (Phi) is 7.65. The number of nitrogens with one attached hydrogen (secondary N) is 2. The number of aliphatic imine (C=N–C) groups is 1. The fourth-order valence-corrected chi connectivity index (χ4v) is 3.02. The molecule has 5 nitrogen and oxygen atoms in total. The molecule has 0 amide bonds. The highest BCUT2D eigenvalue weighted by Crippen LogP contribution is 2.16. The van der Waals surface area contributed by atoms with E-state index in [1.54, 1.807) is 20.0 Å². The third-order valence-electron chi connectivity index (χ3n) is 4.81. The molecule has 1 aliphatic rings. The van der Waals surface area contributed by atoms with E-state index in [1.165, 1.54) is 13.0 Å². The van der Waals surface area contributed by atoms with Crippen LogP contribution in [0.25, 0.3) is 0 Å². The quantitative estimate of drug-likeness (QED) is 0.630. The first-order chi connectivity index (χ1) is 12.0. The Morgan fingerprint density at radius 1 is 1.28 bits per heavy atom. The van der Waals surface area contributed by atoms with Crippen LogP contribution in [-0.2, 0) is 0 Å². The lowest BCUT2D eigenvalue weighted by atomic mass is 10.1. The van der Waals surface area contributed by atoms with E-state index >= 15 is 0 Å². The maximum Gasteiger partial charge on any atom is 0.191 e.